The van der Waals surface area contributed by atoms with Gasteiger partial charge in [-0.15, -0.1) is 0 Å². The molecular formula is C21H20ClFN4O4. The van der Waals surface area contributed by atoms with Crippen LogP contribution in [0.3, 0.4) is 0 Å². The number of hydrogen-bond acceptors (Lipinski definition) is 5. The van der Waals surface area contributed by atoms with Gasteiger partial charge in [-0.3, -0.25) is 19.7 Å². The summed E-state index contributed by atoms with van der Waals surface area (Å²) in [6, 6.07) is 10.4. The molecule has 1 unspecified atom stereocenters. The molecule has 2 aromatic carbocycles. The van der Waals surface area contributed by atoms with Crippen LogP contribution in [0.15, 0.2) is 42.5 Å². The van der Waals surface area contributed by atoms with Gasteiger partial charge >= 0.3 is 0 Å². The predicted octanol–water partition coefficient (Wildman–Crippen LogP) is 3.09. The first-order valence-electron chi connectivity index (χ1n) is 9.87. The van der Waals surface area contributed by atoms with Gasteiger partial charge < -0.3 is 14.7 Å². The third-order valence-corrected chi connectivity index (χ3v) is 6.00. The highest BCUT2D eigenvalue weighted by Gasteiger charge is 2.38. The molecule has 2 aliphatic heterocycles. The van der Waals surface area contributed by atoms with E-state index in [1.54, 1.807) is 17.0 Å². The standard InChI is InChI=1S/C21H20ClFN4O4/c22-18-12-17(5-6-19(18)23)26-13-14(11-20(26)28)21(29)25-9-7-24(8-10-25)15-1-3-16(4-2-15)27(30)31/h1-6,12,14H,7-11,13H2. The number of rotatable bonds is 4. The van der Waals surface area contributed by atoms with Gasteiger partial charge in [0.15, 0.2) is 0 Å². The van der Waals surface area contributed by atoms with Gasteiger partial charge in [-0.05, 0) is 30.3 Å². The van der Waals surface area contributed by atoms with Crippen LogP contribution in [0, 0.1) is 21.8 Å². The summed E-state index contributed by atoms with van der Waals surface area (Å²) in [7, 11) is 0. The van der Waals surface area contributed by atoms with Crippen molar-refractivity contribution in [2.24, 2.45) is 5.92 Å². The number of non-ortho nitro benzene ring substituents is 1. The summed E-state index contributed by atoms with van der Waals surface area (Å²) in [4.78, 5) is 41.1. The Morgan fingerprint density at radius 1 is 1.06 bits per heavy atom. The van der Waals surface area contributed by atoms with Crippen molar-refractivity contribution in [3.05, 3.63) is 63.4 Å². The average molecular weight is 447 g/mol. The summed E-state index contributed by atoms with van der Waals surface area (Å²) in [5.74, 6) is -1.28. The molecule has 0 N–H and O–H groups in total. The number of amides is 2. The number of carbonyl (C=O) groups excluding carboxylic acids is 2. The SMILES string of the molecule is O=C(C1CC(=O)N(c2ccc(F)c(Cl)c2)C1)N1CCN(c2ccc([N+](=O)[O-])cc2)CC1. The van der Waals surface area contributed by atoms with Crippen molar-refractivity contribution in [3.8, 4) is 0 Å². The van der Waals surface area contributed by atoms with E-state index in [4.69, 9.17) is 11.6 Å². The Hall–Kier alpha value is -3.20. The number of nitrogens with zero attached hydrogens (tertiary/aromatic N) is 4. The van der Waals surface area contributed by atoms with Crippen molar-refractivity contribution < 1.29 is 18.9 Å². The van der Waals surface area contributed by atoms with Gasteiger partial charge in [-0.2, -0.15) is 0 Å². The molecule has 0 saturated carbocycles. The summed E-state index contributed by atoms with van der Waals surface area (Å²) >= 11 is 5.82. The molecule has 0 bridgehead atoms. The fourth-order valence-electron chi connectivity index (χ4n) is 4.00. The Balaban J connectivity index is 1.36. The van der Waals surface area contributed by atoms with Crippen LogP contribution in [0.1, 0.15) is 6.42 Å². The fourth-order valence-corrected chi connectivity index (χ4v) is 4.18. The van der Waals surface area contributed by atoms with E-state index in [1.807, 2.05) is 0 Å². The normalized spacial score (nSPS) is 19.1. The lowest BCUT2D eigenvalue weighted by molar-refractivity contribution is -0.384. The van der Waals surface area contributed by atoms with Crippen molar-refractivity contribution in [2.75, 3.05) is 42.5 Å². The van der Waals surface area contributed by atoms with Crippen molar-refractivity contribution in [2.45, 2.75) is 6.42 Å². The number of halogens is 2. The maximum Gasteiger partial charge on any atom is 0.269 e. The molecule has 0 aromatic heterocycles. The summed E-state index contributed by atoms with van der Waals surface area (Å²) in [6.07, 6.45) is 0.108. The molecule has 31 heavy (non-hydrogen) atoms. The van der Waals surface area contributed by atoms with Crippen molar-refractivity contribution >= 4 is 40.5 Å². The zero-order chi connectivity index (χ0) is 22.1. The molecule has 2 aromatic rings. The van der Waals surface area contributed by atoms with Crippen LogP contribution in [0.25, 0.3) is 0 Å². The van der Waals surface area contributed by atoms with E-state index in [9.17, 15) is 24.1 Å². The quantitative estimate of drug-likeness (QED) is 0.532. The summed E-state index contributed by atoms with van der Waals surface area (Å²) < 4.78 is 13.4. The zero-order valence-electron chi connectivity index (χ0n) is 16.5. The third kappa shape index (κ3) is 4.32. The molecule has 2 amide bonds. The highest BCUT2D eigenvalue weighted by Crippen LogP contribution is 2.30. The van der Waals surface area contributed by atoms with Crippen molar-refractivity contribution in [1.82, 2.24) is 4.90 Å². The van der Waals surface area contributed by atoms with Gasteiger partial charge in [0, 0.05) is 62.7 Å². The molecular weight excluding hydrogens is 427 g/mol. The first-order chi connectivity index (χ1) is 14.8. The lowest BCUT2D eigenvalue weighted by Crippen LogP contribution is -2.50. The lowest BCUT2D eigenvalue weighted by atomic mass is 10.1. The van der Waals surface area contributed by atoms with Gasteiger partial charge in [-0.1, -0.05) is 11.6 Å². The highest BCUT2D eigenvalue weighted by molar-refractivity contribution is 6.31. The maximum atomic E-state index is 13.4. The predicted molar refractivity (Wildman–Crippen MR) is 114 cm³/mol. The van der Waals surface area contributed by atoms with E-state index in [0.29, 0.717) is 31.9 Å². The second kappa shape index (κ2) is 8.50. The molecule has 0 aliphatic carbocycles. The van der Waals surface area contributed by atoms with Gasteiger partial charge in [0.1, 0.15) is 5.82 Å². The lowest BCUT2D eigenvalue weighted by Gasteiger charge is -2.37. The maximum absolute atomic E-state index is 13.4. The van der Waals surface area contributed by atoms with Gasteiger partial charge in [-0.25, -0.2) is 4.39 Å². The van der Waals surface area contributed by atoms with Crippen LogP contribution in [0.5, 0.6) is 0 Å². The number of piperazine rings is 1. The Bertz CT molecular complexity index is 1020. The van der Waals surface area contributed by atoms with E-state index < -0.39 is 16.7 Å². The molecule has 0 spiro atoms. The third-order valence-electron chi connectivity index (χ3n) is 5.71. The van der Waals surface area contributed by atoms with Gasteiger partial charge in [0.05, 0.1) is 15.9 Å². The molecule has 10 heteroatoms. The van der Waals surface area contributed by atoms with Crippen LogP contribution < -0.4 is 9.80 Å². The van der Waals surface area contributed by atoms with E-state index in [2.05, 4.69) is 4.90 Å². The molecule has 2 fully saturated rings. The van der Waals surface area contributed by atoms with Crippen LogP contribution in [-0.4, -0.2) is 54.4 Å². The van der Waals surface area contributed by atoms with Crippen LogP contribution >= 0.6 is 11.6 Å². The largest absolute Gasteiger partial charge is 0.368 e. The minimum atomic E-state index is -0.560. The first-order valence-corrected chi connectivity index (χ1v) is 10.2. The van der Waals surface area contributed by atoms with Crippen molar-refractivity contribution in [1.29, 1.82) is 0 Å². The zero-order valence-corrected chi connectivity index (χ0v) is 17.3. The topological polar surface area (TPSA) is 87.0 Å². The second-order valence-electron chi connectivity index (χ2n) is 7.59. The molecule has 2 aliphatic rings. The number of nitro groups is 1. The molecule has 0 radical (unpaired) electrons. The van der Waals surface area contributed by atoms with E-state index in [-0.39, 0.29) is 35.5 Å². The molecule has 8 nitrogen and oxygen atoms in total. The number of carbonyl (C=O) groups is 2. The van der Waals surface area contributed by atoms with Crippen LogP contribution in [-0.2, 0) is 9.59 Å². The minimum Gasteiger partial charge on any atom is -0.368 e. The van der Waals surface area contributed by atoms with E-state index >= 15 is 0 Å². The molecule has 4 rings (SSSR count). The van der Waals surface area contributed by atoms with Crippen LogP contribution in [0.4, 0.5) is 21.5 Å². The Kier molecular flexibility index (Phi) is 5.77. The highest BCUT2D eigenvalue weighted by atomic mass is 35.5. The first kappa shape index (κ1) is 21.0. The Morgan fingerprint density at radius 2 is 1.71 bits per heavy atom. The smallest absolute Gasteiger partial charge is 0.269 e. The summed E-state index contributed by atoms with van der Waals surface area (Å²) in [5, 5.41) is 10.7. The molecule has 2 saturated heterocycles. The summed E-state index contributed by atoms with van der Waals surface area (Å²) in [6.45, 7) is 2.44. The Morgan fingerprint density at radius 3 is 2.32 bits per heavy atom. The molecule has 2 heterocycles. The van der Waals surface area contributed by atoms with E-state index in [0.717, 1.165) is 5.69 Å². The van der Waals surface area contributed by atoms with E-state index in [1.165, 1.54) is 35.2 Å². The minimum absolute atomic E-state index is 0.0375. The monoisotopic (exact) mass is 446 g/mol. The van der Waals surface area contributed by atoms with Crippen LogP contribution in [0.2, 0.25) is 5.02 Å². The second-order valence-corrected chi connectivity index (χ2v) is 8.00. The van der Waals surface area contributed by atoms with Gasteiger partial charge in [0.2, 0.25) is 11.8 Å². The van der Waals surface area contributed by atoms with Gasteiger partial charge in [0.25, 0.3) is 5.69 Å². The number of nitro benzene ring substituents is 1. The molecule has 1 atom stereocenters. The summed E-state index contributed by atoms with van der Waals surface area (Å²) in [5.41, 5.74) is 1.39. The number of hydrogen-bond donors (Lipinski definition) is 0. The fraction of sp³-hybridized carbons (Fsp3) is 0.333. The average Bonchev–Trinajstić information content (AvgIpc) is 3.17. The van der Waals surface area contributed by atoms with Crippen molar-refractivity contribution in [3.63, 3.8) is 0 Å². The molecule has 162 valence electrons. The Labute approximate surface area is 182 Å². The number of benzene rings is 2. The number of anilines is 2.